The molecule has 0 radical (unpaired) electrons. The molecule has 0 amide bonds. The van der Waals surface area contributed by atoms with Gasteiger partial charge in [0.1, 0.15) is 0 Å². The first-order valence-corrected chi connectivity index (χ1v) is 11.2. The highest BCUT2D eigenvalue weighted by Crippen LogP contribution is 2.28. The number of likely N-dealkylation sites (tertiary alicyclic amines) is 1. The number of sulfonamides is 1. The maximum absolute atomic E-state index is 11.3. The molecule has 1 aromatic carbocycles. The zero-order valence-corrected chi connectivity index (χ0v) is 16.1. The summed E-state index contributed by atoms with van der Waals surface area (Å²) in [5.74, 6) is 0.456. The molecule has 7 nitrogen and oxygen atoms in total. The normalized spacial score (nSPS) is 31.0. The Bertz CT molecular complexity index is 685. The van der Waals surface area contributed by atoms with Gasteiger partial charge in [0.15, 0.2) is 0 Å². The van der Waals surface area contributed by atoms with Crippen molar-refractivity contribution in [2.24, 2.45) is 5.92 Å². The number of nitrogens with one attached hydrogen (secondary N) is 3. The van der Waals surface area contributed by atoms with Gasteiger partial charge < -0.3 is 10.0 Å². The molecule has 8 heteroatoms. The third-order valence-corrected chi connectivity index (χ3v) is 6.09. The van der Waals surface area contributed by atoms with E-state index in [4.69, 9.17) is 0 Å². The Morgan fingerprint density at radius 1 is 1.27 bits per heavy atom. The Morgan fingerprint density at radius 2 is 2.04 bits per heavy atom. The lowest BCUT2D eigenvalue weighted by Crippen LogP contribution is -2.43. The molecule has 3 unspecified atom stereocenters. The minimum Gasteiger partial charge on any atom is -0.388 e. The summed E-state index contributed by atoms with van der Waals surface area (Å²) < 4.78 is 25.1. The molecule has 0 saturated carbocycles. The largest absolute Gasteiger partial charge is 0.388 e. The van der Waals surface area contributed by atoms with Gasteiger partial charge in [-0.15, -0.1) is 0 Å². The number of hydrogen-bond donors (Lipinski definition) is 4. The molecule has 146 valence electrons. The summed E-state index contributed by atoms with van der Waals surface area (Å²) in [7, 11) is -3.28. The second-order valence-electron chi connectivity index (χ2n) is 7.65. The molecular weight excluding hydrogens is 352 g/mol. The second-order valence-corrected chi connectivity index (χ2v) is 9.48. The van der Waals surface area contributed by atoms with Crippen LogP contribution in [0, 0.1) is 5.92 Å². The van der Waals surface area contributed by atoms with Gasteiger partial charge in [-0.3, -0.25) is 5.43 Å². The molecule has 4 N–H and O–H groups in total. The summed E-state index contributed by atoms with van der Waals surface area (Å²) in [6.45, 7) is 3.67. The van der Waals surface area contributed by atoms with E-state index in [-0.39, 0.29) is 12.6 Å². The van der Waals surface area contributed by atoms with Crippen LogP contribution in [-0.4, -0.2) is 63.0 Å². The molecule has 2 heterocycles. The average Bonchev–Trinajstić information content (AvgIpc) is 2.98. The lowest BCUT2D eigenvalue weighted by Gasteiger charge is -2.28. The highest BCUT2D eigenvalue weighted by atomic mass is 32.2. The first kappa shape index (κ1) is 19.7. The van der Waals surface area contributed by atoms with Crippen molar-refractivity contribution in [2.75, 3.05) is 39.0 Å². The summed E-state index contributed by atoms with van der Waals surface area (Å²) in [4.78, 5) is 2.40. The molecule has 2 saturated heterocycles. The lowest BCUT2D eigenvalue weighted by molar-refractivity contribution is 0.0303. The van der Waals surface area contributed by atoms with E-state index >= 15 is 0 Å². The Kier molecular flexibility index (Phi) is 6.32. The Morgan fingerprint density at radius 3 is 2.77 bits per heavy atom. The molecule has 0 spiro atoms. The van der Waals surface area contributed by atoms with E-state index in [1.807, 2.05) is 6.07 Å². The number of hydrogen-bond acceptors (Lipinski definition) is 6. The van der Waals surface area contributed by atoms with Crippen LogP contribution in [0.25, 0.3) is 0 Å². The molecule has 0 bridgehead atoms. The topological polar surface area (TPSA) is 93.7 Å². The fourth-order valence-electron chi connectivity index (χ4n) is 3.91. The zero-order chi connectivity index (χ0) is 18.6. The summed E-state index contributed by atoms with van der Waals surface area (Å²) in [6.07, 6.45) is 3.20. The van der Waals surface area contributed by atoms with Crippen LogP contribution < -0.4 is 15.6 Å². The molecular formula is C18H30N4O3S. The van der Waals surface area contributed by atoms with E-state index in [9.17, 15) is 13.5 Å². The van der Waals surface area contributed by atoms with E-state index in [0.29, 0.717) is 18.8 Å². The van der Waals surface area contributed by atoms with Crippen LogP contribution in [0.2, 0.25) is 0 Å². The van der Waals surface area contributed by atoms with Crippen molar-refractivity contribution in [1.82, 2.24) is 20.5 Å². The SMILES string of the molecule is CS(=O)(=O)NCC1(O)CCCN(CC2CNNC2c2ccccc2)CC1. The monoisotopic (exact) mass is 382 g/mol. The van der Waals surface area contributed by atoms with Crippen molar-refractivity contribution in [1.29, 1.82) is 0 Å². The summed E-state index contributed by atoms with van der Waals surface area (Å²) in [5.41, 5.74) is 6.98. The summed E-state index contributed by atoms with van der Waals surface area (Å²) in [5, 5.41) is 10.7. The predicted molar refractivity (Wildman–Crippen MR) is 102 cm³/mol. The quantitative estimate of drug-likeness (QED) is 0.562. The van der Waals surface area contributed by atoms with Crippen LogP contribution in [0.3, 0.4) is 0 Å². The van der Waals surface area contributed by atoms with Gasteiger partial charge in [-0.25, -0.2) is 18.6 Å². The maximum Gasteiger partial charge on any atom is 0.208 e. The molecule has 2 aliphatic rings. The standard InChI is InChI=1S/C18H30N4O3S/c1-26(24,25)20-14-18(23)8-5-10-22(11-9-18)13-16-12-19-21-17(16)15-6-3-2-4-7-15/h2-4,6-7,16-17,19-21,23H,5,8-14H2,1H3. The summed E-state index contributed by atoms with van der Waals surface area (Å²) >= 11 is 0. The number of rotatable bonds is 6. The molecule has 0 aromatic heterocycles. The van der Waals surface area contributed by atoms with Gasteiger partial charge in [0.2, 0.25) is 10.0 Å². The van der Waals surface area contributed by atoms with Crippen LogP contribution in [0.1, 0.15) is 30.9 Å². The van der Waals surface area contributed by atoms with E-state index < -0.39 is 15.6 Å². The van der Waals surface area contributed by atoms with Crippen molar-refractivity contribution in [3.05, 3.63) is 35.9 Å². The zero-order valence-electron chi connectivity index (χ0n) is 15.3. The molecule has 0 aliphatic carbocycles. The van der Waals surface area contributed by atoms with Crippen molar-refractivity contribution in [2.45, 2.75) is 30.9 Å². The Hall–Kier alpha value is -1.03. The van der Waals surface area contributed by atoms with Gasteiger partial charge in [0.25, 0.3) is 0 Å². The number of hydrazine groups is 1. The molecule has 1 aromatic rings. The predicted octanol–water partition coefficient (Wildman–Crippen LogP) is 0.218. The first-order chi connectivity index (χ1) is 12.3. The fourth-order valence-corrected chi connectivity index (χ4v) is 4.44. The fraction of sp³-hybridized carbons (Fsp3) is 0.667. The van der Waals surface area contributed by atoms with Crippen LogP contribution in [0.5, 0.6) is 0 Å². The van der Waals surface area contributed by atoms with Gasteiger partial charge >= 0.3 is 0 Å². The lowest BCUT2D eigenvalue weighted by atomic mass is 9.94. The molecule has 26 heavy (non-hydrogen) atoms. The Labute approximate surface area is 156 Å². The van der Waals surface area contributed by atoms with Crippen LogP contribution in [0.15, 0.2) is 30.3 Å². The van der Waals surface area contributed by atoms with Gasteiger partial charge in [-0.2, -0.15) is 0 Å². The number of benzene rings is 1. The van der Waals surface area contributed by atoms with Crippen molar-refractivity contribution >= 4 is 10.0 Å². The smallest absolute Gasteiger partial charge is 0.208 e. The molecule has 2 aliphatic heterocycles. The molecule has 3 atom stereocenters. The van der Waals surface area contributed by atoms with Crippen LogP contribution in [-0.2, 0) is 10.0 Å². The molecule has 3 rings (SSSR count). The highest BCUT2D eigenvalue weighted by Gasteiger charge is 2.34. The highest BCUT2D eigenvalue weighted by molar-refractivity contribution is 7.88. The third kappa shape index (κ3) is 5.48. The minimum atomic E-state index is -3.28. The second kappa shape index (κ2) is 8.33. The van der Waals surface area contributed by atoms with Crippen molar-refractivity contribution in [3.8, 4) is 0 Å². The maximum atomic E-state index is 11.3. The van der Waals surface area contributed by atoms with E-state index in [1.54, 1.807) is 0 Å². The van der Waals surface area contributed by atoms with E-state index in [2.05, 4.69) is 44.7 Å². The first-order valence-electron chi connectivity index (χ1n) is 9.27. The van der Waals surface area contributed by atoms with Crippen LogP contribution >= 0.6 is 0 Å². The minimum absolute atomic E-state index is 0.0961. The number of aliphatic hydroxyl groups is 1. The van der Waals surface area contributed by atoms with Crippen molar-refractivity contribution in [3.63, 3.8) is 0 Å². The Balaban J connectivity index is 1.56. The van der Waals surface area contributed by atoms with Gasteiger partial charge in [-0.1, -0.05) is 30.3 Å². The van der Waals surface area contributed by atoms with Gasteiger partial charge in [0.05, 0.1) is 17.9 Å². The van der Waals surface area contributed by atoms with E-state index in [1.165, 1.54) is 5.56 Å². The average molecular weight is 383 g/mol. The van der Waals surface area contributed by atoms with Crippen LogP contribution in [0.4, 0.5) is 0 Å². The van der Waals surface area contributed by atoms with E-state index in [0.717, 1.165) is 38.9 Å². The molecule has 2 fully saturated rings. The third-order valence-electron chi connectivity index (χ3n) is 5.42. The van der Waals surface area contributed by atoms with Gasteiger partial charge in [0, 0.05) is 32.1 Å². The van der Waals surface area contributed by atoms with Crippen molar-refractivity contribution < 1.29 is 13.5 Å². The van der Waals surface area contributed by atoms with Gasteiger partial charge in [-0.05, 0) is 31.4 Å². The summed E-state index contributed by atoms with van der Waals surface area (Å²) in [6, 6.07) is 10.7. The number of nitrogens with zero attached hydrogens (tertiary/aromatic N) is 1.